The second-order valence-corrected chi connectivity index (χ2v) is 7.98. The summed E-state index contributed by atoms with van der Waals surface area (Å²) in [6.45, 7) is 3.39. The summed E-state index contributed by atoms with van der Waals surface area (Å²) in [5, 5.41) is 5.24. The maximum absolute atomic E-state index is 13.6. The number of halogens is 1. The minimum absolute atomic E-state index is 0.00517. The van der Waals surface area contributed by atoms with E-state index >= 15 is 0 Å². The van der Waals surface area contributed by atoms with Crippen molar-refractivity contribution in [1.82, 2.24) is 9.36 Å². The first-order chi connectivity index (χ1) is 14.8. The molecule has 0 saturated heterocycles. The van der Waals surface area contributed by atoms with Crippen molar-refractivity contribution in [2.75, 3.05) is 22.1 Å². The third-order valence-corrected chi connectivity index (χ3v) is 5.67. The Labute approximate surface area is 183 Å². The van der Waals surface area contributed by atoms with Gasteiger partial charge in [-0.15, -0.1) is 11.8 Å². The van der Waals surface area contributed by atoms with Crippen LogP contribution in [0, 0.1) is 19.7 Å². The highest BCUT2D eigenvalue weighted by Crippen LogP contribution is 2.16. The van der Waals surface area contributed by atoms with Crippen molar-refractivity contribution in [1.29, 1.82) is 0 Å². The predicted octanol–water partition coefficient (Wildman–Crippen LogP) is 3.24. The standard InChI is InChI=1S/C22H23FN4O3S/c1-14-9-10-16(11-18(14)23)24-19(28)12-31-13-20(29)25-21-15(2)26(3)27(22(21)30)17-7-5-4-6-8-17/h4-11H,12-13H2,1-3H3,(H,24,28)(H,25,29). The van der Waals surface area contributed by atoms with E-state index in [2.05, 4.69) is 10.6 Å². The van der Waals surface area contributed by atoms with Crippen molar-refractivity contribution >= 4 is 35.0 Å². The van der Waals surface area contributed by atoms with Gasteiger partial charge in [0.05, 0.1) is 22.9 Å². The van der Waals surface area contributed by atoms with Crippen LogP contribution in [-0.4, -0.2) is 32.7 Å². The molecule has 0 spiro atoms. The lowest BCUT2D eigenvalue weighted by atomic mass is 10.2. The molecule has 3 aromatic rings. The molecule has 2 aromatic carbocycles. The third kappa shape index (κ3) is 5.24. The summed E-state index contributed by atoms with van der Waals surface area (Å²) >= 11 is 1.10. The summed E-state index contributed by atoms with van der Waals surface area (Å²) in [6.07, 6.45) is 0. The molecule has 31 heavy (non-hydrogen) atoms. The second-order valence-electron chi connectivity index (χ2n) is 6.99. The summed E-state index contributed by atoms with van der Waals surface area (Å²) in [6, 6.07) is 13.6. The van der Waals surface area contributed by atoms with Crippen LogP contribution >= 0.6 is 11.8 Å². The largest absolute Gasteiger partial charge is 0.325 e. The number of carbonyl (C=O) groups excluding carboxylic acids is 2. The van der Waals surface area contributed by atoms with Gasteiger partial charge in [-0.1, -0.05) is 24.3 Å². The number of nitrogens with zero attached hydrogens (tertiary/aromatic N) is 2. The zero-order valence-corrected chi connectivity index (χ0v) is 18.3. The average molecular weight is 443 g/mol. The zero-order chi connectivity index (χ0) is 22.5. The highest BCUT2D eigenvalue weighted by atomic mass is 32.2. The SMILES string of the molecule is Cc1ccc(NC(=O)CSCC(=O)Nc2c(C)n(C)n(-c3ccccc3)c2=O)cc1F. The van der Waals surface area contributed by atoms with Crippen LogP contribution in [0.5, 0.6) is 0 Å². The second kappa shape index (κ2) is 9.65. The van der Waals surface area contributed by atoms with E-state index in [1.54, 1.807) is 49.8 Å². The molecular formula is C22H23FN4O3S. The molecule has 9 heteroatoms. The van der Waals surface area contributed by atoms with Crippen LogP contribution in [0.15, 0.2) is 53.3 Å². The normalized spacial score (nSPS) is 10.7. The summed E-state index contributed by atoms with van der Waals surface area (Å²) < 4.78 is 16.7. The maximum atomic E-state index is 13.6. The molecule has 162 valence electrons. The van der Waals surface area contributed by atoms with E-state index in [0.29, 0.717) is 22.6 Å². The number of thioether (sulfide) groups is 1. The van der Waals surface area contributed by atoms with Gasteiger partial charge in [-0.05, 0) is 43.7 Å². The van der Waals surface area contributed by atoms with Crippen LogP contribution in [0.1, 0.15) is 11.3 Å². The third-order valence-electron chi connectivity index (χ3n) is 4.74. The highest BCUT2D eigenvalue weighted by molar-refractivity contribution is 8.00. The summed E-state index contributed by atoms with van der Waals surface area (Å²) in [4.78, 5) is 37.2. The summed E-state index contributed by atoms with van der Waals surface area (Å²) in [5.74, 6) is -1.11. The van der Waals surface area contributed by atoms with Crippen molar-refractivity contribution in [2.45, 2.75) is 13.8 Å². The number of hydrogen-bond acceptors (Lipinski definition) is 4. The first-order valence-corrected chi connectivity index (χ1v) is 10.7. The van der Waals surface area contributed by atoms with Crippen molar-refractivity contribution < 1.29 is 14.0 Å². The van der Waals surface area contributed by atoms with Crippen LogP contribution in [0.3, 0.4) is 0 Å². The molecule has 0 aliphatic carbocycles. The van der Waals surface area contributed by atoms with E-state index in [4.69, 9.17) is 0 Å². The topological polar surface area (TPSA) is 85.1 Å². The van der Waals surface area contributed by atoms with E-state index in [1.165, 1.54) is 10.7 Å². The van der Waals surface area contributed by atoms with Crippen molar-refractivity contribution in [2.24, 2.45) is 7.05 Å². The quantitative estimate of drug-likeness (QED) is 0.588. The number of para-hydroxylation sites is 1. The molecule has 3 rings (SSSR count). The molecule has 0 aliphatic rings. The number of rotatable bonds is 7. The summed E-state index contributed by atoms with van der Waals surface area (Å²) in [5.41, 5.74) is 2.04. The van der Waals surface area contributed by atoms with Gasteiger partial charge in [0.15, 0.2) is 0 Å². The van der Waals surface area contributed by atoms with Gasteiger partial charge in [0, 0.05) is 12.7 Å². The minimum atomic E-state index is -0.399. The number of benzene rings is 2. The lowest BCUT2D eigenvalue weighted by Gasteiger charge is -2.07. The van der Waals surface area contributed by atoms with Gasteiger partial charge in [-0.2, -0.15) is 0 Å². The molecule has 2 N–H and O–H groups in total. The van der Waals surface area contributed by atoms with E-state index < -0.39 is 5.82 Å². The average Bonchev–Trinajstić information content (AvgIpc) is 2.94. The molecular weight excluding hydrogens is 419 g/mol. The Balaban J connectivity index is 1.57. The fourth-order valence-corrected chi connectivity index (χ4v) is 3.61. The highest BCUT2D eigenvalue weighted by Gasteiger charge is 2.18. The number of anilines is 2. The fraction of sp³-hybridized carbons (Fsp3) is 0.227. The van der Waals surface area contributed by atoms with Crippen molar-refractivity contribution in [3.63, 3.8) is 0 Å². The van der Waals surface area contributed by atoms with Gasteiger partial charge in [-0.25, -0.2) is 9.07 Å². The number of hydrogen-bond donors (Lipinski definition) is 2. The van der Waals surface area contributed by atoms with Gasteiger partial charge in [-0.3, -0.25) is 19.1 Å². The van der Waals surface area contributed by atoms with E-state index in [-0.39, 0.29) is 34.6 Å². The van der Waals surface area contributed by atoms with Gasteiger partial charge < -0.3 is 10.6 Å². The van der Waals surface area contributed by atoms with E-state index in [9.17, 15) is 18.8 Å². The number of carbonyl (C=O) groups is 2. The molecule has 0 aliphatic heterocycles. The monoisotopic (exact) mass is 442 g/mol. The van der Waals surface area contributed by atoms with Crippen LogP contribution in [0.25, 0.3) is 5.69 Å². The van der Waals surface area contributed by atoms with Crippen LogP contribution in [0.2, 0.25) is 0 Å². The number of aryl methyl sites for hydroxylation is 1. The van der Waals surface area contributed by atoms with Crippen LogP contribution < -0.4 is 16.2 Å². The smallest absolute Gasteiger partial charge is 0.295 e. The first kappa shape index (κ1) is 22.4. The molecule has 0 fully saturated rings. The molecule has 1 heterocycles. The maximum Gasteiger partial charge on any atom is 0.295 e. The predicted molar refractivity (Wildman–Crippen MR) is 121 cm³/mol. The van der Waals surface area contributed by atoms with Crippen molar-refractivity contribution in [3.8, 4) is 5.69 Å². The Kier molecular flexibility index (Phi) is 6.96. The Morgan fingerprint density at radius 2 is 1.65 bits per heavy atom. The Morgan fingerprint density at radius 1 is 1.00 bits per heavy atom. The number of nitrogens with one attached hydrogen (secondary N) is 2. The molecule has 1 aromatic heterocycles. The summed E-state index contributed by atoms with van der Waals surface area (Å²) in [7, 11) is 1.74. The lowest BCUT2D eigenvalue weighted by molar-refractivity contribution is -0.114. The van der Waals surface area contributed by atoms with Crippen molar-refractivity contribution in [3.05, 3.63) is 76.0 Å². The molecule has 0 atom stereocenters. The number of amides is 2. The number of aromatic nitrogens is 2. The molecule has 0 unspecified atom stereocenters. The van der Waals surface area contributed by atoms with Crippen LogP contribution in [0.4, 0.5) is 15.8 Å². The van der Waals surface area contributed by atoms with Gasteiger partial charge in [0.1, 0.15) is 11.5 Å². The fourth-order valence-electron chi connectivity index (χ4n) is 2.99. The van der Waals surface area contributed by atoms with Gasteiger partial charge in [0.2, 0.25) is 11.8 Å². The zero-order valence-electron chi connectivity index (χ0n) is 17.4. The molecule has 0 saturated carbocycles. The molecule has 0 radical (unpaired) electrons. The Bertz CT molecular complexity index is 1170. The first-order valence-electron chi connectivity index (χ1n) is 9.55. The van der Waals surface area contributed by atoms with Gasteiger partial charge >= 0.3 is 0 Å². The molecule has 2 amide bonds. The molecule has 0 bridgehead atoms. The Hall–Kier alpha value is -3.33. The lowest BCUT2D eigenvalue weighted by Crippen LogP contribution is -2.24. The van der Waals surface area contributed by atoms with E-state index in [0.717, 1.165) is 11.8 Å². The van der Waals surface area contributed by atoms with Crippen LogP contribution in [-0.2, 0) is 16.6 Å². The Morgan fingerprint density at radius 3 is 2.29 bits per heavy atom. The minimum Gasteiger partial charge on any atom is -0.325 e. The van der Waals surface area contributed by atoms with E-state index in [1.807, 2.05) is 18.2 Å². The molecule has 7 nitrogen and oxygen atoms in total. The van der Waals surface area contributed by atoms with Gasteiger partial charge in [0.25, 0.3) is 5.56 Å².